The van der Waals surface area contributed by atoms with Gasteiger partial charge in [0.1, 0.15) is 0 Å². The lowest BCUT2D eigenvalue weighted by Crippen LogP contribution is -2.14. The first-order valence-electron chi connectivity index (χ1n) is 3.60. The van der Waals surface area contributed by atoms with E-state index in [1.807, 2.05) is 0 Å². The average Bonchev–Trinajstić information content (AvgIpc) is 2.75. The summed E-state index contributed by atoms with van der Waals surface area (Å²) in [6, 6.07) is 0. The van der Waals surface area contributed by atoms with Crippen molar-refractivity contribution in [2.45, 2.75) is 13.1 Å². The van der Waals surface area contributed by atoms with Crippen LogP contribution in [0.5, 0.6) is 0 Å². The highest BCUT2D eigenvalue weighted by Crippen LogP contribution is 1.85. The Labute approximate surface area is 72.3 Å². The van der Waals surface area contributed by atoms with Crippen molar-refractivity contribution < 1.29 is 0 Å². The lowest BCUT2D eigenvalue weighted by atomic mass is 10.5. The fraction of sp³-hybridized carbons (Fsp3) is 0.500. The van der Waals surface area contributed by atoms with Gasteiger partial charge >= 0.3 is 0 Å². The summed E-state index contributed by atoms with van der Waals surface area (Å²) in [7, 11) is 0. The zero-order valence-electron chi connectivity index (χ0n) is 6.60. The predicted octanol–water partition coefficient (Wildman–Crippen LogP) is -2.00. The van der Waals surface area contributed by atoms with Gasteiger partial charge < -0.3 is 5.32 Å². The van der Waals surface area contributed by atoms with Gasteiger partial charge in [0.2, 0.25) is 0 Å². The summed E-state index contributed by atoms with van der Waals surface area (Å²) < 4.78 is 0. The largest absolute Gasteiger partial charge is 0.303 e. The molecule has 2 aromatic heterocycles. The Morgan fingerprint density at radius 1 is 0.923 bits per heavy atom. The van der Waals surface area contributed by atoms with Crippen LogP contribution < -0.4 is 5.32 Å². The second-order valence-electron chi connectivity index (χ2n) is 2.26. The first-order chi connectivity index (χ1) is 6.45. The molecule has 0 atom stereocenters. The molecular weight excluding hydrogens is 174 g/mol. The topological polar surface area (TPSA) is 121 Å². The van der Waals surface area contributed by atoms with Gasteiger partial charge in [-0.2, -0.15) is 10.4 Å². The molecule has 0 spiro atoms. The number of aromatic nitrogens is 8. The van der Waals surface area contributed by atoms with E-state index in [1.54, 1.807) is 0 Å². The van der Waals surface area contributed by atoms with E-state index in [4.69, 9.17) is 0 Å². The van der Waals surface area contributed by atoms with Crippen molar-refractivity contribution in [3.8, 4) is 0 Å². The number of H-pyrrole nitrogens is 2. The molecule has 0 saturated heterocycles. The predicted molar refractivity (Wildman–Crippen MR) is 38.9 cm³/mol. The van der Waals surface area contributed by atoms with Crippen molar-refractivity contribution in [3.05, 3.63) is 11.6 Å². The number of tetrazole rings is 2. The zero-order valence-corrected chi connectivity index (χ0v) is 6.60. The SMILES string of the molecule is C(NCc1nn[nH]n1)c1nn[nH]n1. The normalized spacial score (nSPS) is 10.5. The Hall–Kier alpha value is -1.90. The molecule has 2 rings (SSSR count). The van der Waals surface area contributed by atoms with Crippen LogP contribution in [0.4, 0.5) is 0 Å². The van der Waals surface area contributed by atoms with Gasteiger partial charge in [0.15, 0.2) is 11.6 Å². The highest BCUT2D eigenvalue weighted by Gasteiger charge is 1.99. The number of aromatic amines is 2. The summed E-state index contributed by atoms with van der Waals surface area (Å²) in [6.45, 7) is 1.04. The molecule has 68 valence electrons. The van der Waals surface area contributed by atoms with Gasteiger partial charge in [0, 0.05) is 0 Å². The van der Waals surface area contributed by atoms with Crippen LogP contribution in [0, 0.1) is 0 Å². The second kappa shape index (κ2) is 3.67. The third kappa shape index (κ3) is 2.02. The highest BCUT2D eigenvalue weighted by molar-refractivity contribution is 4.78. The maximum Gasteiger partial charge on any atom is 0.188 e. The zero-order chi connectivity index (χ0) is 8.93. The molecule has 0 fully saturated rings. The Morgan fingerprint density at radius 2 is 1.46 bits per heavy atom. The maximum absolute atomic E-state index is 3.76. The van der Waals surface area contributed by atoms with Crippen LogP contribution in [0.2, 0.25) is 0 Å². The van der Waals surface area contributed by atoms with Gasteiger partial charge in [-0.3, -0.25) is 0 Å². The van der Waals surface area contributed by atoms with E-state index >= 15 is 0 Å². The minimum Gasteiger partial charge on any atom is -0.303 e. The van der Waals surface area contributed by atoms with E-state index in [9.17, 15) is 0 Å². The molecule has 0 bridgehead atoms. The van der Waals surface area contributed by atoms with Crippen LogP contribution in [0.25, 0.3) is 0 Å². The fourth-order valence-electron chi connectivity index (χ4n) is 0.801. The van der Waals surface area contributed by atoms with Gasteiger partial charge in [-0.25, -0.2) is 0 Å². The van der Waals surface area contributed by atoms with Crippen molar-refractivity contribution >= 4 is 0 Å². The van der Waals surface area contributed by atoms with Crippen LogP contribution in [0.15, 0.2) is 0 Å². The van der Waals surface area contributed by atoms with Gasteiger partial charge in [-0.05, 0) is 0 Å². The van der Waals surface area contributed by atoms with E-state index in [1.165, 1.54) is 0 Å². The lowest BCUT2D eigenvalue weighted by molar-refractivity contribution is 0.640. The molecule has 2 aromatic rings. The summed E-state index contributed by atoms with van der Waals surface area (Å²) in [5.41, 5.74) is 0. The molecule has 13 heavy (non-hydrogen) atoms. The molecule has 0 aliphatic heterocycles. The third-order valence-corrected chi connectivity index (χ3v) is 1.34. The Bertz CT molecular complexity index is 288. The first kappa shape index (κ1) is 7.73. The summed E-state index contributed by atoms with van der Waals surface area (Å²) in [4.78, 5) is 0. The Morgan fingerprint density at radius 3 is 1.85 bits per heavy atom. The van der Waals surface area contributed by atoms with Gasteiger partial charge in [-0.1, -0.05) is 10.4 Å². The molecule has 0 amide bonds. The maximum atomic E-state index is 3.76. The van der Waals surface area contributed by atoms with Crippen molar-refractivity contribution in [2.75, 3.05) is 0 Å². The molecule has 9 nitrogen and oxygen atoms in total. The molecule has 0 unspecified atom stereocenters. The van der Waals surface area contributed by atoms with E-state index in [0.717, 1.165) is 0 Å². The number of hydrogen-bond acceptors (Lipinski definition) is 7. The molecule has 0 aliphatic rings. The number of nitrogens with one attached hydrogen (secondary N) is 3. The minimum absolute atomic E-state index is 0.519. The van der Waals surface area contributed by atoms with Crippen LogP contribution >= 0.6 is 0 Å². The molecular formula is C4H7N9. The van der Waals surface area contributed by atoms with Gasteiger partial charge in [-0.15, -0.1) is 20.4 Å². The minimum atomic E-state index is 0.519. The van der Waals surface area contributed by atoms with Crippen molar-refractivity contribution in [1.29, 1.82) is 0 Å². The summed E-state index contributed by atoms with van der Waals surface area (Å²) >= 11 is 0. The highest BCUT2D eigenvalue weighted by atomic mass is 15.5. The number of hydrogen-bond donors (Lipinski definition) is 3. The lowest BCUT2D eigenvalue weighted by Gasteiger charge is -1.94. The molecule has 0 aromatic carbocycles. The summed E-state index contributed by atoms with van der Waals surface area (Å²) in [5.74, 6) is 1.20. The smallest absolute Gasteiger partial charge is 0.188 e. The van der Waals surface area contributed by atoms with Crippen LogP contribution in [0.1, 0.15) is 11.6 Å². The quantitative estimate of drug-likeness (QED) is 0.498. The van der Waals surface area contributed by atoms with E-state index in [0.29, 0.717) is 24.7 Å². The summed E-state index contributed by atoms with van der Waals surface area (Å²) in [6.07, 6.45) is 0. The van der Waals surface area contributed by atoms with Gasteiger partial charge in [0.25, 0.3) is 0 Å². The molecule has 2 heterocycles. The standard InChI is InChI=1S/C4H7N9/c1(3-6-10-11-7-3)5-2-4-8-12-13-9-4/h5H,1-2H2,(H,6,7,10,11)(H,8,9,12,13). The van der Waals surface area contributed by atoms with Crippen LogP contribution in [0.3, 0.4) is 0 Å². The molecule has 0 saturated carbocycles. The first-order valence-corrected chi connectivity index (χ1v) is 3.60. The molecule has 9 heteroatoms. The van der Waals surface area contributed by atoms with Gasteiger partial charge in [0.05, 0.1) is 13.1 Å². The van der Waals surface area contributed by atoms with Crippen molar-refractivity contribution in [1.82, 2.24) is 46.6 Å². The van der Waals surface area contributed by atoms with Crippen molar-refractivity contribution in [2.24, 2.45) is 0 Å². The van der Waals surface area contributed by atoms with E-state index < -0.39 is 0 Å². The van der Waals surface area contributed by atoms with Crippen LogP contribution in [-0.4, -0.2) is 41.2 Å². The van der Waals surface area contributed by atoms with Crippen LogP contribution in [-0.2, 0) is 13.1 Å². The second-order valence-corrected chi connectivity index (χ2v) is 2.26. The Balaban J connectivity index is 1.76. The summed E-state index contributed by atoms with van der Waals surface area (Å²) in [5, 5.41) is 29.6. The van der Waals surface area contributed by atoms with E-state index in [-0.39, 0.29) is 0 Å². The number of rotatable bonds is 4. The monoisotopic (exact) mass is 181 g/mol. The molecule has 0 radical (unpaired) electrons. The third-order valence-electron chi connectivity index (χ3n) is 1.34. The molecule has 3 N–H and O–H groups in total. The van der Waals surface area contributed by atoms with E-state index in [2.05, 4.69) is 46.6 Å². The molecule has 0 aliphatic carbocycles. The fourth-order valence-corrected chi connectivity index (χ4v) is 0.801. The van der Waals surface area contributed by atoms with Crippen molar-refractivity contribution in [3.63, 3.8) is 0 Å². The number of nitrogens with zero attached hydrogens (tertiary/aromatic N) is 6. The Kier molecular flexibility index (Phi) is 2.18. The average molecular weight is 181 g/mol.